The summed E-state index contributed by atoms with van der Waals surface area (Å²) in [5, 5.41) is 3.65. The zero-order valence-electron chi connectivity index (χ0n) is 15.3. The summed E-state index contributed by atoms with van der Waals surface area (Å²) < 4.78 is 2.11. The number of nitrogens with one attached hydrogen (secondary N) is 1. The molecule has 0 radical (unpaired) electrons. The Kier molecular flexibility index (Phi) is 6.87. The van der Waals surface area contributed by atoms with Crippen LogP contribution in [0, 0.1) is 0 Å². The molecule has 0 aliphatic rings. The number of likely N-dealkylation sites (N-methyl/N-ethyl adjacent to an activating group) is 1. The number of rotatable bonds is 8. The van der Waals surface area contributed by atoms with E-state index in [1.54, 1.807) is 4.90 Å². The van der Waals surface area contributed by atoms with Crippen LogP contribution in [0.3, 0.4) is 0 Å². The van der Waals surface area contributed by atoms with Gasteiger partial charge >= 0.3 is 0 Å². The number of hydrogen-bond donors (Lipinski definition) is 1. The third-order valence-corrected chi connectivity index (χ3v) is 4.74. The van der Waals surface area contributed by atoms with Gasteiger partial charge in [-0.1, -0.05) is 23.9 Å². The van der Waals surface area contributed by atoms with Crippen LogP contribution in [0.15, 0.2) is 29.4 Å². The Hall–Kier alpha value is -2.02. The van der Waals surface area contributed by atoms with Gasteiger partial charge in [0, 0.05) is 19.1 Å². The Bertz CT molecular complexity index is 742. The monoisotopic (exact) mass is 362 g/mol. The number of para-hydroxylation sites is 2. The molecule has 0 aliphatic heterocycles. The number of thioether (sulfide) groups is 1. The Morgan fingerprint density at radius 1 is 1.28 bits per heavy atom. The lowest BCUT2D eigenvalue weighted by Crippen LogP contribution is -2.43. The summed E-state index contributed by atoms with van der Waals surface area (Å²) in [6.07, 6.45) is 0. The van der Waals surface area contributed by atoms with Crippen LogP contribution >= 0.6 is 11.8 Å². The molecule has 6 nitrogen and oxygen atoms in total. The maximum atomic E-state index is 12.5. The highest BCUT2D eigenvalue weighted by Crippen LogP contribution is 2.24. The van der Waals surface area contributed by atoms with Crippen molar-refractivity contribution in [3.63, 3.8) is 0 Å². The maximum absolute atomic E-state index is 12.5. The minimum atomic E-state index is -0.129. The van der Waals surface area contributed by atoms with E-state index in [0.29, 0.717) is 6.54 Å². The first-order valence-corrected chi connectivity index (χ1v) is 9.60. The van der Waals surface area contributed by atoms with Gasteiger partial charge in [0.15, 0.2) is 5.16 Å². The molecule has 0 bridgehead atoms. The van der Waals surface area contributed by atoms with Gasteiger partial charge < -0.3 is 14.8 Å². The molecule has 0 spiro atoms. The van der Waals surface area contributed by atoms with Crippen molar-refractivity contribution < 1.29 is 9.59 Å². The fraction of sp³-hybridized carbons (Fsp3) is 0.500. The van der Waals surface area contributed by atoms with Crippen molar-refractivity contribution in [1.82, 2.24) is 19.8 Å². The molecule has 1 aromatic carbocycles. The molecule has 1 heterocycles. The van der Waals surface area contributed by atoms with E-state index >= 15 is 0 Å². The second-order valence-electron chi connectivity index (χ2n) is 6.05. The van der Waals surface area contributed by atoms with Crippen molar-refractivity contribution in [2.75, 3.05) is 18.8 Å². The molecular weight excluding hydrogens is 336 g/mol. The van der Waals surface area contributed by atoms with Gasteiger partial charge in [-0.15, -0.1) is 0 Å². The molecule has 0 atom stereocenters. The number of fused-ring (bicyclic) bond motifs is 1. The molecule has 2 rings (SSSR count). The molecule has 136 valence electrons. The Balaban J connectivity index is 2.02. The maximum Gasteiger partial charge on any atom is 0.239 e. The summed E-state index contributed by atoms with van der Waals surface area (Å²) in [5.74, 6) is 0.0867. The molecule has 2 aromatic rings. The highest BCUT2D eigenvalue weighted by atomic mass is 32.2. The molecule has 2 amide bonds. The fourth-order valence-corrected chi connectivity index (χ4v) is 3.59. The van der Waals surface area contributed by atoms with Crippen molar-refractivity contribution in [3.05, 3.63) is 24.3 Å². The first-order chi connectivity index (χ1) is 12.0. The standard InChI is InChI=1S/C18H26N4O2S/c1-5-21(11-16(23)19-13(3)4)17(24)12-25-18-20-14-9-7-8-10-15(14)22(18)6-2/h7-10,13H,5-6,11-12H2,1-4H3,(H,19,23). The van der Waals surface area contributed by atoms with E-state index in [1.165, 1.54) is 11.8 Å². The SMILES string of the molecule is CCN(CC(=O)NC(C)C)C(=O)CSc1nc2ccccc2n1CC. The second kappa shape index (κ2) is 8.89. The number of aromatic nitrogens is 2. The average Bonchev–Trinajstić information content (AvgIpc) is 2.94. The summed E-state index contributed by atoms with van der Waals surface area (Å²) in [6, 6.07) is 8.03. The van der Waals surface area contributed by atoms with Gasteiger partial charge in [0.25, 0.3) is 0 Å². The average molecular weight is 362 g/mol. The number of benzene rings is 1. The molecule has 0 fully saturated rings. The number of aryl methyl sites for hydroxylation is 1. The van der Waals surface area contributed by atoms with E-state index in [2.05, 4.69) is 21.8 Å². The molecule has 0 unspecified atom stereocenters. The van der Waals surface area contributed by atoms with Gasteiger partial charge in [-0.05, 0) is 39.8 Å². The van der Waals surface area contributed by atoms with Crippen LogP contribution in [0.25, 0.3) is 11.0 Å². The smallest absolute Gasteiger partial charge is 0.239 e. The summed E-state index contributed by atoms with van der Waals surface area (Å²) in [5.41, 5.74) is 2.01. The molecule has 7 heteroatoms. The van der Waals surface area contributed by atoms with Crippen molar-refractivity contribution >= 4 is 34.6 Å². The van der Waals surface area contributed by atoms with Crippen LogP contribution in [0.2, 0.25) is 0 Å². The normalized spacial score (nSPS) is 11.1. The van der Waals surface area contributed by atoms with Gasteiger partial charge in [0.1, 0.15) is 0 Å². The third-order valence-electron chi connectivity index (χ3n) is 3.78. The van der Waals surface area contributed by atoms with Crippen LogP contribution in [-0.2, 0) is 16.1 Å². The molecular formula is C18H26N4O2S. The zero-order valence-corrected chi connectivity index (χ0v) is 16.1. The summed E-state index contributed by atoms with van der Waals surface area (Å²) >= 11 is 1.42. The van der Waals surface area contributed by atoms with E-state index in [9.17, 15) is 9.59 Å². The predicted molar refractivity (Wildman–Crippen MR) is 102 cm³/mol. The molecule has 0 saturated heterocycles. The van der Waals surface area contributed by atoms with E-state index in [4.69, 9.17) is 0 Å². The molecule has 25 heavy (non-hydrogen) atoms. The van der Waals surface area contributed by atoms with Gasteiger partial charge in [-0.2, -0.15) is 0 Å². The van der Waals surface area contributed by atoms with Gasteiger partial charge in [-0.3, -0.25) is 9.59 Å². The van der Waals surface area contributed by atoms with Crippen LogP contribution < -0.4 is 5.32 Å². The first kappa shape index (κ1) is 19.3. The van der Waals surface area contributed by atoms with Crippen LogP contribution in [0.4, 0.5) is 0 Å². The van der Waals surface area contributed by atoms with Crippen molar-refractivity contribution in [2.45, 2.75) is 45.4 Å². The number of carbonyl (C=O) groups excluding carboxylic acids is 2. The van der Waals surface area contributed by atoms with Crippen LogP contribution in [-0.4, -0.2) is 51.1 Å². The quantitative estimate of drug-likeness (QED) is 0.733. The Morgan fingerprint density at radius 3 is 2.64 bits per heavy atom. The topological polar surface area (TPSA) is 67.2 Å². The number of amides is 2. The largest absolute Gasteiger partial charge is 0.352 e. The molecule has 0 saturated carbocycles. The molecule has 0 aliphatic carbocycles. The third kappa shape index (κ3) is 4.98. The number of nitrogens with zero attached hydrogens (tertiary/aromatic N) is 3. The van der Waals surface area contributed by atoms with Crippen molar-refractivity contribution in [3.8, 4) is 0 Å². The van der Waals surface area contributed by atoms with E-state index in [0.717, 1.165) is 22.7 Å². The van der Waals surface area contributed by atoms with Gasteiger partial charge in [0.2, 0.25) is 11.8 Å². The lowest BCUT2D eigenvalue weighted by atomic mass is 10.3. The fourth-order valence-electron chi connectivity index (χ4n) is 2.60. The Labute approximate surface area is 153 Å². The second-order valence-corrected chi connectivity index (χ2v) is 6.99. The summed E-state index contributed by atoms with van der Waals surface area (Å²) in [6.45, 7) is 9.15. The van der Waals surface area contributed by atoms with Crippen LogP contribution in [0.1, 0.15) is 27.7 Å². The summed E-state index contributed by atoms with van der Waals surface area (Å²) in [4.78, 5) is 30.6. The molecule has 1 aromatic heterocycles. The van der Waals surface area contributed by atoms with Gasteiger partial charge in [0.05, 0.1) is 23.3 Å². The highest BCUT2D eigenvalue weighted by molar-refractivity contribution is 7.99. The van der Waals surface area contributed by atoms with Crippen molar-refractivity contribution in [1.29, 1.82) is 0 Å². The van der Waals surface area contributed by atoms with Crippen molar-refractivity contribution in [2.24, 2.45) is 0 Å². The zero-order chi connectivity index (χ0) is 18.4. The number of hydrogen-bond acceptors (Lipinski definition) is 4. The van der Waals surface area contributed by atoms with Crippen LogP contribution in [0.5, 0.6) is 0 Å². The molecule has 1 N–H and O–H groups in total. The van der Waals surface area contributed by atoms with E-state index in [-0.39, 0.29) is 30.2 Å². The number of imidazole rings is 1. The lowest BCUT2D eigenvalue weighted by molar-refractivity contribution is -0.134. The van der Waals surface area contributed by atoms with Gasteiger partial charge in [-0.25, -0.2) is 4.98 Å². The Morgan fingerprint density at radius 2 is 2.00 bits per heavy atom. The highest BCUT2D eigenvalue weighted by Gasteiger charge is 2.18. The minimum absolute atomic E-state index is 0.0545. The lowest BCUT2D eigenvalue weighted by Gasteiger charge is -2.21. The van der Waals surface area contributed by atoms with E-state index in [1.807, 2.05) is 45.0 Å². The minimum Gasteiger partial charge on any atom is -0.352 e. The first-order valence-electron chi connectivity index (χ1n) is 8.61. The summed E-state index contributed by atoms with van der Waals surface area (Å²) in [7, 11) is 0. The van der Waals surface area contributed by atoms with E-state index < -0.39 is 0 Å². The number of carbonyl (C=O) groups is 2. The predicted octanol–water partition coefficient (Wildman–Crippen LogP) is 2.52.